The van der Waals surface area contributed by atoms with Gasteiger partial charge < -0.3 is 9.80 Å². The summed E-state index contributed by atoms with van der Waals surface area (Å²) in [7, 11) is 0. The molecule has 1 saturated heterocycles. The Bertz CT molecular complexity index is 774. The molecule has 26 heavy (non-hydrogen) atoms. The van der Waals surface area contributed by atoms with E-state index < -0.39 is 0 Å². The first-order valence-electron chi connectivity index (χ1n) is 9.71. The van der Waals surface area contributed by atoms with Crippen molar-refractivity contribution < 1.29 is 4.79 Å². The van der Waals surface area contributed by atoms with Crippen LogP contribution in [-0.4, -0.2) is 39.9 Å². The molecule has 5 nitrogen and oxygen atoms in total. The molecule has 2 aliphatic rings. The van der Waals surface area contributed by atoms with Crippen LogP contribution in [0.2, 0.25) is 0 Å². The molecule has 5 heteroatoms. The van der Waals surface area contributed by atoms with Crippen molar-refractivity contribution >= 4 is 11.9 Å². The molecule has 1 amide bonds. The topological polar surface area (TPSA) is 49.3 Å². The van der Waals surface area contributed by atoms with E-state index in [2.05, 4.69) is 46.1 Å². The summed E-state index contributed by atoms with van der Waals surface area (Å²) in [6.45, 7) is 4.74. The standard InChI is InChI=1S/C21H26N4O/c1-2-19-9-5-6-11-25(19)20(26)18-13-22-21(23-14-18)24-12-10-16-7-3-4-8-17(16)15-24/h3-4,7-8,13-14,19H,2,5-6,9-12,15H2,1H3. The number of hydrogen-bond donors (Lipinski definition) is 0. The Morgan fingerprint density at radius 1 is 1.12 bits per heavy atom. The lowest BCUT2D eigenvalue weighted by Gasteiger charge is -2.35. The van der Waals surface area contributed by atoms with E-state index in [1.54, 1.807) is 12.4 Å². The van der Waals surface area contributed by atoms with Crippen LogP contribution < -0.4 is 4.90 Å². The number of rotatable bonds is 3. The molecule has 0 aliphatic carbocycles. The molecule has 0 radical (unpaired) electrons. The number of fused-ring (bicyclic) bond motifs is 1. The fourth-order valence-electron chi connectivity index (χ4n) is 4.12. The number of carbonyl (C=O) groups excluding carboxylic acids is 1. The summed E-state index contributed by atoms with van der Waals surface area (Å²) in [6, 6.07) is 8.89. The molecule has 2 aromatic rings. The predicted octanol–water partition coefficient (Wildman–Crippen LogP) is 3.44. The van der Waals surface area contributed by atoms with E-state index in [1.165, 1.54) is 17.5 Å². The lowest BCUT2D eigenvalue weighted by molar-refractivity contribution is 0.0607. The van der Waals surface area contributed by atoms with E-state index in [4.69, 9.17) is 0 Å². The van der Waals surface area contributed by atoms with E-state index in [1.807, 2.05) is 4.90 Å². The van der Waals surface area contributed by atoms with Crippen molar-refractivity contribution in [3.05, 3.63) is 53.3 Å². The molecule has 1 unspecified atom stereocenters. The van der Waals surface area contributed by atoms with Crippen molar-refractivity contribution in [1.82, 2.24) is 14.9 Å². The van der Waals surface area contributed by atoms with Crippen LogP contribution in [0.4, 0.5) is 5.95 Å². The number of nitrogens with zero attached hydrogens (tertiary/aromatic N) is 4. The zero-order valence-electron chi connectivity index (χ0n) is 15.4. The monoisotopic (exact) mass is 350 g/mol. The molecular weight excluding hydrogens is 324 g/mol. The van der Waals surface area contributed by atoms with Gasteiger partial charge in [0, 0.05) is 38.1 Å². The molecule has 0 N–H and O–H groups in total. The largest absolute Gasteiger partial charge is 0.336 e. The van der Waals surface area contributed by atoms with E-state index in [0.29, 0.717) is 17.6 Å². The summed E-state index contributed by atoms with van der Waals surface area (Å²) >= 11 is 0. The number of piperidine rings is 1. The Morgan fingerprint density at radius 2 is 1.88 bits per heavy atom. The summed E-state index contributed by atoms with van der Waals surface area (Å²) in [5, 5.41) is 0. The Balaban J connectivity index is 1.48. The summed E-state index contributed by atoms with van der Waals surface area (Å²) in [6.07, 6.45) is 8.83. The molecule has 4 rings (SSSR count). The maximum Gasteiger partial charge on any atom is 0.257 e. The van der Waals surface area contributed by atoms with Crippen molar-refractivity contribution in [3.8, 4) is 0 Å². The van der Waals surface area contributed by atoms with E-state index in [-0.39, 0.29) is 5.91 Å². The van der Waals surface area contributed by atoms with Crippen LogP contribution in [0.25, 0.3) is 0 Å². The normalized spacial score (nSPS) is 20.0. The van der Waals surface area contributed by atoms with Crippen molar-refractivity contribution in [1.29, 1.82) is 0 Å². The summed E-state index contributed by atoms with van der Waals surface area (Å²) < 4.78 is 0. The van der Waals surface area contributed by atoms with Crippen LogP contribution in [0, 0.1) is 0 Å². The molecule has 1 fully saturated rings. The van der Waals surface area contributed by atoms with Crippen molar-refractivity contribution in [2.45, 2.75) is 51.6 Å². The number of likely N-dealkylation sites (tertiary alicyclic amines) is 1. The van der Waals surface area contributed by atoms with Gasteiger partial charge in [0.05, 0.1) is 5.56 Å². The SMILES string of the molecule is CCC1CCCCN1C(=O)c1cnc(N2CCc3ccccc3C2)nc1. The van der Waals surface area contributed by atoms with Gasteiger partial charge >= 0.3 is 0 Å². The Labute approximate surface area is 155 Å². The first kappa shape index (κ1) is 17.0. The second kappa shape index (κ2) is 7.44. The average molecular weight is 350 g/mol. The molecule has 3 heterocycles. The van der Waals surface area contributed by atoms with E-state index in [0.717, 1.165) is 45.3 Å². The van der Waals surface area contributed by atoms with Gasteiger partial charge in [-0.05, 0) is 43.2 Å². The van der Waals surface area contributed by atoms with E-state index in [9.17, 15) is 4.79 Å². The van der Waals surface area contributed by atoms with Crippen LogP contribution in [0.3, 0.4) is 0 Å². The Morgan fingerprint density at radius 3 is 2.65 bits per heavy atom. The molecule has 1 aromatic carbocycles. The minimum absolute atomic E-state index is 0.0760. The third-order valence-electron chi connectivity index (χ3n) is 5.66. The number of benzene rings is 1. The van der Waals surface area contributed by atoms with Gasteiger partial charge in [0.25, 0.3) is 5.91 Å². The minimum atomic E-state index is 0.0760. The number of aromatic nitrogens is 2. The number of anilines is 1. The second-order valence-electron chi connectivity index (χ2n) is 7.27. The van der Waals surface area contributed by atoms with E-state index >= 15 is 0 Å². The van der Waals surface area contributed by atoms with Gasteiger partial charge in [0.1, 0.15) is 0 Å². The summed E-state index contributed by atoms with van der Waals surface area (Å²) in [4.78, 5) is 26.1. The van der Waals surface area contributed by atoms with Crippen molar-refractivity contribution in [3.63, 3.8) is 0 Å². The first-order chi connectivity index (χ1) is 12.8. The number of carbonyl (C=O) groups is 1. The fraction of sp³-hybridized carbons (Fsp3) is 0.476. The summed E-state index contributed by atoms with van der Waals surface area (Å²) in [5.41, 5.74) is 3.35. The van der Waals surface area contributed by atoms with Gasteiger partial charge in [0.15, 0.2) is 0 Å². The first-order valence-corrected chi connectivity index (χ1v) is 9.71. The number of amides is 1. The van der Waals surface area contributed by atoms with Gasteiger partial charge in [-0.1, -0.05) is 31.2 Å². The van der Waals surface area contributed by atoms with Gasteiger partial charge in [-0.3, -0.25) is 4.79 Å². The van der Waals surface area contributed by atoms with Crippen LogP contribution in [-0.2, 0) is 13.0 Å². The highest BCUT2D eigenvalue weighted by atomic mass is 16.2. The molecule has 136 valence electrons. The molecule has 0 spiro atoms. The lowest BCUT2D eigenvalue weighted by Crippen LogP contribution is -2.43. The van der Waals surface area contributed by atoms with Gasteiger partial charge in [0.2, 0.25) is 5.95 Å². The highest BCUT2D eigenvalue weighted by Gasteiger charge is 2.27. The van der Waals surface area contributed by atoms with Crippen LogP contribution in [0.1, 0.15) is 54.1 Å². The van der Waals surface area contributed by atoms with Gasteiger partial charge in [-0.15, -0.1) is 0 Å². The Kier molecular flexibility index (Phi) is 4.87. The van der Waals surface area contributed by atoms with Crippen LogP contribution in [0.5, 0.6) is 0 Å². The Hall–Kier alpha value is -2.43. The molecule has 1 aromatic heterocycles. The van der Waals surface area contributed by atoms with Crippen LogP contribution in [0.15, 0.2) is 36.7 Å². The number of hydrogen-bond acceptors (Lipinski definition) is 4. The zero-order chi connectivity index (χ0) is 17.9. The third-order valence-corrected chi connectivity index (χ3v) is 5.66. The molecule has 0 saturated carbocycles. The summed E-state index contributed by atoms with van der Waals surface area (Å²) in [5.74, 6) is 0.786. The maximum atomic E-state index is 12.9. The predicted molar refractivity (Wildman–Crippen MR) is 102 cm³/mol. The van der Waals surface area contributed by atoms with Gasteiger partial charge in [-0.2, -0.15) is 0 Å². The zero-order valence-corrected chi connectivity index (χ0v) is 15.4. The van der Waals surface area contributed by atoms with Gasteiger partial charge in [-0.25, -0.2) is 9.97 Å². The molecular formula is C21H26N4O. The highest BCUT2D eigenvalue weighted by Crippen LogP contribution is 2.23. The molecule has 2 aliphatic heterocycles. The smallest absolute Gasteiger partial charge is 0.257 e. The molecule has 1 atom stereocenters. The quantitative estimate of drug-likeness (QED) is 0.851. The van der Waals surface area contributed by atoms with Crippen LogP contribution >= 0.6 is 0 Å². The third kappa shape index (κ3) is 3.30. The average Bonchev–Trinajstić information content (AvgIpc) is 2.73. The van der Waals surface area contributed by atoms with Crippen molar-refractivity contribution in [2.75, 3.05) is 18.0 Å². The maximum absolute atomic E-state index is 12.9. The second-order valence-corrected chi connectivity index (χ2v) is 7.27. The minimum Gasteiger partial charge on any atom is -0.336 e. The molecule has 0 bridgehead atoms. The van der Waals surface area contributed by atoms with Crippen molar-refractivity contribution in [2.24, 2.45) is 0 Å². The highest BCUT2D eigenvalue weighted by molar-refractivity contribution is 5.94. The lowest BCUT2D eigenvalue weighted by atomic mass is 9.99. The fourth-order valence-corrected chi connectivity index (χ4v) is 4.12.